The van der Waals surface area contributed by atoms with Crippen LogP contribution in [0.1, 0.15) is 39.2 Å². The zero-order chi connectivity index (χ0) is 14.3. The van der Waals surface area contributed by atoms with Crippen LogP contribution >= 0.6 is 0 Å². The van der Waals surface area contributed by atoms with Gasteiger partial charge in [0.25, 0.3) is 0 Å². The minimum atomic E-state index is -0.299. The first-order valence-electron chi connectivity index (χ1n) is 6.68. The van der Waals surface area contributed by atoms with Gasteiger partial charge in [-0.15, -0.1) is 0 Å². The van der Waals surface area contributed by atoms with Crippen molar-refractivity contribution in [3.8, 4) is 5.75 Å². The van der Waals surface area contributed by atoms with Crippen LogP contribution in [0.4, 0.5) is 0 Å². The quantitative estimate of drug-likeness (QED) is 0.756. The minimum absolute atomic E-state index is 0.294. The number of carbonyl (C=O) groups is 1. The lowest BCUT2D eigenvalue weighted by Crippen LogP contribution is -2.42. The van der Waals surface area contributed by atoms with Crippen molar-refractivity contribution in [1.82, 2.24) is 5.32 Å². The average molecular weight is 264 g/mol. The van der Waals surface area contributed by atoms with Gasteiger partial charge in [0.05, 0.1) is 6.61 Å². The van der Waals surface area contributed by atoms with E-state index in [0.717, 1.165) is 24.3 Å². The molecule has 0 radical (unpaired) electrons. The van der Waals surface area contributed by atoms with E-state index in [1.807, 2.05) is 38.1 Å². The zero-order valence-corrected chi connectivity index (χ0v) is 12.0. The van der Waals surface area contributed by atoms with Crippen LogP contribution in [0.5, 0.6) is 5.75 Å². The molecule has 0 atom stereocenters. The number of rotatable bonds is 8. The van der Waals surface area contributed by atoms with Gasteiger partial charge in [0.1, 0.15) is 5.75 Å². The molecule has 1 aromatic rings. The van der Waals surface area contributed by atoms with Crippen molar-refractivity contribution in [3.05, 3.63) is 29.8 Å². The zero-order valence-electron chi connectivity index (χ0n) is 12.0. The average Bonchev–Trinajstić information content (AvgIpc) is 2.33. The number of nitrogens with one attached hydrogen (secondary N) is 1. The van der Waals surface area contributed by atoms with E-state index in [2.05, 4.69) is 12.2 Å². The van der Waals surface area contributed by atoms with E-state index in [4.69, 9.17) is 10.5 Å². The van der Waals surface area contributed by atoms with Crippen molar-refractivity contribution >= 4 is 5.91 Å². The van der Waals surface area contributed by atoms with Gasteiger partial charge in [-0.3, -0.25) is 4.79 Å². The van der Waals surface area contributed by atoms with Crippen LogP contribution in [-0.4, -0.2) is 18.1 Å². The SMILES string of the molecule is CCCOc1cccc(CNC(C)(C)CC(N)=O)c1. The van der Waals surface area contributed by atoms with E-state index < -0.39 is 0 Å². The molecule has 0 aromatic heterocycles. The molecule has 19 heavy (non-hydrogen) atoms. The molecule has 0 aliphatic carbocycles. The molecule has 0 spiro atoms. The standard InChI is InChI=1S/C15H24N2O2/c1-4-8-19-13-7-5-6-12(9-13)11-17-15(2,3)10-14(16)18/h5-7,9,17H,4,8,10-11H2,1-3H3,(H2,16,18). The molecule has 0 heterocycles. The van der Waals surface area contributed by atoms with Gasteiger partial charge < -0.3 is 15.8 Å². The second-order valence-electron chi connectivity index (χ2n) is 5.38. The number of ether oxygens (including phenoxy) is 1. The monoisotopic (exact) mass is 264 g/mol. The maximum atomic E-state index is 11.0. The molecule has 1 aromatic carbocycles. The fourth-order valence-corrected chi connectivity index (χ4v) is 1.80. The summed E-state index contributed by atoms with van der Waals surface area (Å²) in [7, 11) is 0. The summed E-state index contributed by atoms with van der Waals surface area (Å²) in [6.07, 6.45) is 1.31. The molecule has 0 bridgehead atoms. The van der Waals surface area contributed by atoms with Gasteiger partial charge in [0.15, 0.2) is 0 Å². The number of hydrogen-bond acceptors (Lipinski definition) is 3. The Morgan fingerprint density at radius 1 is 1.42 bits per heavy atom. The topological polar surface area (TPSA) is 64.3 Å². The lowest BCUT2D eigenvalue weighted by atomic mass is 10.00. The van der Waals surface area contributed by atoms with Gasteiger partial charge in [0, 0.05) is 18.5 Å². The van der Waals surface area contributed by atoms with Gasteiger partial charge in [0.2, 0.25) is 5.91 Å². The number of amides is 1. The predicted octanol–water partition coefficient (Wildman–Crippen LogP) is 2.22. The summed E-state index contributed by atoms with van der Waals surface area (Å²) >= 11 is 0. The Labute approximate surface area is 115 Å². The first-order valence-corrected chi connectivity index (χ1v) is 6.68. The van der Waals surface area contributed by atoms with Gasteiger partial charge in [-0.2, -0.15) is 0 Å². The Morgan fingerprint density at radius 2 is 2.16 bits per heavy atom. The minimum Gasteiger partial charge on any atom is -0.494 e. The van der Waals surface area contributed by atoms with Crippen molar-refractivity contribution in [3.63, 3.8) is 0 Å². The first kappa shape index (κ1) is 15.5. The second kappa shape index (κ2) is 7.14. The Kier molecular flexibility index (Phi) is 5.83. The van der Waals surface area contributed by atoms with Crippen LogP contribution < -0.4 is 15.8 Å². The Bertz CT molecular complexity index is 416. The van der Waals surface area contributed by atoms with Crippen LogP contribution in [0.3, 0.4) is 0 Å². The van der Waals surface area contributed by atoms with E-state index in [1.54, 1.807) is 0 Å². The smallest absolute Gasteiger partial charge is 0.219 e. The highest BCUT2D eigenvalue weighted by atomic mass is 16.5. The largest absolute Gasteiger partial charge is 0.494 e. The van der Waals surface area contributed by atoms with Crippen LogP contribution in [0.25, 0.3) is 0 Å². The highest BCUT2D eigenvalue weighted by molar-refractivity contribution is 5.74. The van der Waals surface area contributed by atoms with Crippen LogP contribution in [-0.2, 0) is 11.3 Å². The Balaban J connectivity index is 2.55. The third kappa shape index (κ3) is 6.25. The third-order valence-electron chi connectivity index (χ3n) is 2.76. The second-order valence-corrected chi connectivity index (χ2v) is 5.38. The van der Waals surface area contributed by atoms with Gasteiger partial charge in [-0.1, -0.05) is 19.1 Å². The fourth-order valence-electron chi connectivity index (χ4n) is 1.80. The fraction of sp³-hybridized carbons (Fsp3) is 0.533. The first-order chi connectivity index (χ1) is 8.93. The molecule has 0 aliphatic heterocycles. The molecule has 0 saturated carbocycles. The molecule has 0 aliphatic rings. The van der Waals surface area contributed by atoms with Gasteiger partial charge >= 0.3 is 0 Å². The molecule has 106 valence electrons. The van der Waals surface area contributed by atoms with Crippen LogP contribution in [0, 0.1) is 0 Å². The molecule has 1 amide bonds. The highest BCUT2D eigenvalue weighted by Gasteiger charge is 2.19. The predicted molar refractivity (Wildman–Crippen MR) is 77.0 cm³/mol. The van der Waals surface area contributed by atoms with Crippen molar-refractivity contribution < 1.29 is 9.53 Å². The molecule has 0 saturated heterocycles. The van der Waals surface area contributed by atoms with E-state index in [-0.39, 0.29) is 11.4 Å². The highest BCUT2D eigenvalue weighted by Crippen LogP contribution is 2.15. The van der Waals surface area contributed by atoms with Crippen LogP contribution in [0.2, 0.25) is 0 Å². The number of primary amides is 1. The summed E-state index contributed by atoms with van der Waals surface area (Å²) in [5.41, 5.74) is 6.06. The number of carbonyl (C=O) groups excluding carboxylic acids is 1. The van der Waals surface area contributed by atoms with Crippen LogP contribution in [0.15, 0.2) is 24.3 Å². The van der Waals surface area contributed by atoms with Crippen molar-refractivity contribution in [2.24, 2.45) is 5.73 Å². The van der Waals surface area contributed by atoms with Crippen molar-refractivity contribution in [2.45, 2.75) is 45.7 Å². The summed E-state index contributed by atoms with van der Waals surface area (Å²) in [4.78, 5) is 11.0. The summed E-state index contributed by atoms with van der Waals surface area (Å²) in [6.45, 7) is 7.43. The summed E-state index contributed by atoms with van der Waals surface area (Å²) in [5, 5.41) is 3.33. The van der Waals surface area contributed by atoms with Gasteiger partial charge in [-0.25, -0.2) is 0 Å². The summed E-state index contributed by atoms with van der Waals surface area (Å²) in [5.74, 6) is 0.589. The Morgan fingerprint density at radius 3 is 2.79 bits per heavy atom. The summed E-state index contributed by atoms with van der Waals surface area (Å²) in [6, 6.07) is 7.98. The van der Waals surface area contributed by atoms with Gasteiger partial charge in [-0.05, 0) is 38.0 Å². The molecule has 0 unspecified atom stereocenters. The molecule has 4 heteroatoms. The molecular formula is C15H24N2O2. The van der Waals surface area contributed by atoms with E-state index in [1.165, 1.54) is 0 Å². The molecule has 1 rings (SSSR count). The normalized spacial score (nSPS) is 11.3. The van der Waals surface area contributed by atoms with E-state index >= 15 is 0 Å². The summed E-state index contributed by atoms with van der Waals surface area (Å²) < 4.78 is 5.59. The van der Waals surface area contributed by atoms with Crippen molar-refractivity contribution in [2.75, 3.05) is 6.61 Å². The molecule has 4 nitrogen and oxygen atoms in total. The van der Waals surface area contributed by atoms with Crippen molar-refractivity contribution in [1.29, 1.82) is 0 Å². The molecule has 0 fully saturated rings. The number of benzene rings is 1. The lowest BCUT2D eigenvalue weighted by Gasteiger charge is -2.25. The lowest BCUT2D eigenvalue weighted by molar-refractivity contribution is -0.119. The number of nitrogens with two attached hydrogens (primary N) is 1. The molecule has 3 N–H and O–H groups in total. The maximum absolute atomic E-state index is 11.0. The number of hydrogen-bond donors (Lipinski definition) is 2. The Hall–Kier alpha value is -1.55. The third-order valence-corrected chi connectivity index (χ3v) is 2.76. The van der Waals surface area contributed by atoms with E-state index in [9.17, 15) is 4.79 Å². The molecular weight excluding hydrogens is 240 g/mol. The van der Waals surface area contributed by atoms with E-state index in [0.29, 0.717) is 13.0 Å². The maximum Gasteiger partial charge on any atom is 0.219 e.